The SMILES string of the molecule is CC1(C)OC(=O)CC[C@]2(C)[C@H]3CC[C@@H]4[C@@H]([C@@]5(C)CCC(=O)O5)CC[C@@]4(C)[C@]3(C)CC[C@@H]12. The van der Waals surface area contributed by atoms with E-state index < -0.39 is 0 Å². The van der Waals surface area contributed by atoms with E-state index in [0.29, 0.717) is 36.5 Å². The van der Waals surface area contributed by atoms with Gasteiger partial charge >= 0.3 is 11.9 Å². The summed E-state index contributed by atoms with van der Waals surface area (Å²) in [7, 11) is 0. The molecule has 5 fully saturated rings. The van der Waals surface area contributed by atoms with E-state index in [-0.39, 0.29) is 39.4 Å². The molecule has 31 heavy (non-hydrogen) atoms. The van der Waals surface area contributed by atoms with Gasteiger partial charge < -0.3 is 9.47 Å². The number of carbonyl (C=O) groups is 2. The lowest BCUT2D eigenvalue weighted by molar-refractivity contribution is -0.207. The van der Waals surface area contributed by atoms with E-state index in [2.05, 4.69) is 41.5 Å². The van der Waals surface area contributed by atoms with E-state index in [0.717, 1.165) is 19.3 Å². The van der Waals surface area contributed by atoms with Crippen LogP contribution in [0, 0.1) is 39.9 Å². The summed E-state index contributed by atoms with van der Waals surface area (Å²) in [5, 5.41) is 0. The number of esters is 2. The molecule has 0 unspecified atom stereocenters. The molecule has 0 N–H and O–H groups in total. The van der Waals surface area contributed by atoms with Gasteiger partial charge in [-0.15, -0.1) is 0 Å². The molecule has 8 atom stereocenters. The molecule has 3 aliphatic carbocycles. The Kier molecular flexibility index (Phi) is 4.57. The van der Waals surface area contributed by atoms with Crippen LogP contribution in [0.15, 0.2) is 0 Å². The molecule has 0 spiro atoms. The van der Waals surface area contributed by atoms with Crippen molar-refractivity contribution in [2.75, 3.05) is 0 Å². The molecule has 174 valence electrons. The van der Waals surface area contributed by atoms with Crippen LogP contribution in [-0.4, -0.2) is 23.1 Å². The van der Waals surface area contributed by atoms with Crippen LogP contribution in [0.3, 0.4) is 0 Å². The van der Waals surface area contributed by atoms with Gasteiger partial charge in [-0.1, -0.05) is 20.8 Å². The molecule has 3 saturated carbocycles. The highest BCUT2D eigenvalue weighted by Gasteiger charge is 2.69. The number of ether oxygens (including phenoxy) is 2. The molecule has 0 bridgehead atoms. The Hall–Kier alpha value is -1.06. The van der Waals surface area contributed by atoms with Crippen LogP contribution >= 0.6 is 0 Å². The van der Waals surface area contributed by atoms with Crippen molar-refractivity contribution >= 4 is 11.9 Å². The highest BCUT2D eigenvalue weighted by molar-refractivity contribution is 5.72. The minimum atomic E-state index is -0.384. The summed E-state index contributed by atoms with van der Waals surface area (Å²) in [5.74, 6) is 2.14. The average Bonchev–Trinajstić information content (AvgIpc) is 3.18. The van der Waals surface area contributed by atoms with Crippen molar-refractivity contribution in [3.63, 3.8) is 0 Å². The molecule has 2 aliphatic heterocycles. The fraction of sp³-hybridized carbons (Fsp3) is 0.926. The van der Waals surface area contributed by atoms with Gasteiger partial charge in [-0.3, -0.25) is 9.59 Å². The molecule has 0 aromatic rings. The summed E-state index contributed by atoms with van der Waals surface area (Å²) in [6.45, 7) is 14.1. The molecular formula is C27H42O4. The predicted molar refractivity (Wildman–Crippen MR) is 119 cm³/mol. The summed E-state index contributed by atoms with van der Waals surface area (Å²) in [6.07, 6.45) is 10.2. The molecule has 2 saturated heterocycles. The monoisotopic (exact) mass is 430 g/mol. The van der Waals surface area contributed by atoms with E-state index in [9.17, 15) is 9.59 Å². The van der Waals surface area contributed by atoms with E-state index in [4.69, 9.17) is 9.47 Å². The zero-order chi connectivity index (χ0) is 22.4. The Morgan fingerprint density at radius 3 is 1.97 bits per heavy atom. The molecule has 5 rings (SSSR count). The third-order valence-corrected chi connectivity index (χ3v) is 11.7. The van der Waals surface area contributed by atoms with Crippen LogP contribution in [0.2, 0.25) is 0 Å². The highest BCUT2D eigenvalue weighted by Crippen LogP contribution is 2.75. The summed E-state index contributed by atoms with van der Waals surface area (Å²) in [4.78, 5) is 24.5. The number of carbonyl (C=O) groups excluding carboxylic acids is 2. The molecule has 5 aliphatic rings. The molecule has 0 aromatic carbocycles. The van der Waals surface area contributed by atoms with E-state index in [1.165, 1.54) is 32.1 Å². The second kappa shape index (κ2) is 6.50. The third-order valence-electron chi connectivity index (χ3n) is 11.7. The van der Waals surface area contributed by atoms with Crippen molar-refractivity contribution in [1.29, 1.82) is 0 Å². The first-order chi connectivity index (χ1) is 14.4. The predicted octanol–water partition coefficient (Wildman–Crippen LogP) is 6.06. The second-order valence-corrected chi connectivity index (χ2v) is 13.2. The maximum absolute atomic E-state index is 12.5. The first-order valence-electron chi connectivity index (χ1n) is 12.8. The fourth-order valence-corrected chi connectivity index (χ4v) is 10.1. The van der Waals surface area contributed by atoms with E-state index in [1.807, 2.05) is 0 Å². The zero-order valence-electron chi connectivity index (χ0n) is 20.5. The van der Waals surface area contributed by atoms with Crippen LogP contribution < -0.4 is 0 Å². The van der Waals surface area contributed by atoms with Crippen molar-refractivity contribution in [1.82, 2.24) is 0 Å². The fourth-order valence-electron chi connectivity index (χ4n) is 10.1. The molecule has 0 radical (unpaired) electrons. The third kappa shape index (κ3) is 2.78. The lowest BCUT2D eigenvalue weighted by Crippen LogP contribution is -2.62. The molecule has 0 amide bonds. The number of hydrogen-bond donors (Lipinski definition) is 0. The van der Waals surface area contributed by atoms with Crippen LogP contribution in [0.5, 0.6) is 0 Å². The summed E-state index contributed by atoms with van der Waals surface area (Å²) in [5.41, 5.74) is 0.0181. The van der Waals surface area contributed by atoms with Crippen molar-refractivity contribution < 1.29 is 19.1 Å². The van der Waals surface area contributed by atoms with Crippen LogP contribution in [0.4, 0.5) is 0 Å². The van der Waals surface area contributed by atoms with Gasteiger partial charge in [0.15, 0.2) is 0 Å². The zero-order valence-corrected chi connectivity index (χ0v) is 20.5. The number of hydrogen-bond acceptors (Lipinski definition) is 4. The Balaban J connectivity index is 1.50. The Labute approximate surface area is 188 Å². The van der Waals surface area contributed by atoms with Gasteiger partial charge in [0.05, 0.1) is 0 Å². The van der Waals surface area contributed by atoms with Crippen LogP contribution in [0.25, 0.3) is 0 Å². The van der Waals surface area contributed by atoms with Gasteiger partial charge in [0.1, 0.15) is 11.2 Å². The van der Waals surface area contributed by atoms with Crippen LogP contribution in [-0.2, 0) is 19.1 Å². The minimum absolute atomic E-state index is 0.00521. The summed E-state index contributed by atoms with van der Waals surface area (Å²) < 4.78 is 11.9. The van der Waals surface area contributed by atoms with Gasteiger partial charge in [0, 0.05) is 24.7 Å². The van der Waals surface area contributed by atoms with Crippen molar-refractivity contribution in [3.8, 4) is 0 Å². The summed E-state index contributed by atoms with van der Waals surface area (Å²) >= 11 is 0. The first kappa shape index (κ1) is 21.8. The van der Waals surface area contributed by atoms with Gasteiger partial charge in [0.2, 0.25) is 0 Å². The first-order valence-corrected chi connectivity index (χ1v) is 12.8. The maximum atomic E-state index is 12.5. The lowest BCUT2D eigenvalue weighted by atomic mass is 9.37. The van der Waals surface area contributed by atoms with Gasteiger partial charge in [-0.2, -0.15) is 0 Å². The standard InChI is InChI=1S/C27H42O4/c1-23(2)19-10-15-26(5)20(24(19,3)13-11-21(28)30-23)8-7-17-18(9-14-25(17,26)4)27(6)16-12-22(29)31-27/h17-20H,7-16H2,1-6H3/t17-,18+,19+,20-,24+,25-,26-,27-/m1/s1. The summed E-state index contributed by atoms with van der Waals surface area (Å²) in [6, 6.07) is 0. The smallest absolute Gasteiger partial charge is 0.306 e. The number of cyclic esters (lactones) is 2. The number of rotatable bonds is 1. The normalized spacial score (nSPS) is 53.6. The van der Waals surface area contributed by atoms with Crippen molar-refractivity contribution in [2.45, 2.75) is 117 Å². The second-order valence-electron chi connectivity index (χ2n) is 13.2. The van der Waals surface area contributed by atoms with Crippen molar-refractivity contribution in [3.05, 3.63) is 0 Å². The molecule has 4 heteroatoms. The van der Waals surface area contributed by atoms with E-state index in [1.54, 1.807) is 0 Å². The minimum Gasteiger partial charge on any atom is -0.459 e. The van der Waals surface area contributed by atoms with Gasteiger partial charge in [-0.05, 0) is 100 Å². The quantitative estimate of drug-likeness (QED) is 0.474. The van der Waals surface area contributed by atoms with Crippen molar-refractivity contribution in [2.24, 2.45) is 39.9 Å². The lowest BCUT2D eigenvalue weighted by Gasteiger charge is -2.67. The van der Waals surface area contributed by atoms with E-state index >= 15 is 0 Å². The maximum Gasteiger partial charge on any atom is 0.306 e. The Morgan fingerprint density at radius 1 is 0.645 bits per heavy atom. The molecule has 4 nitrogen and oxygen atoms in total. The van der Waals surface area contributed by atoms with Gasteiger partial charge in [-0.25, -0.2) is 0 Å². The highest BCUT2D eigenvalue weighted by atomic mass is 16.6. The molecular weight excluding hydrogens is 388 g/mol. The Bertz CT molecular complexity index is 803. The molecule has 2 heterocycles. The van der Waals surface area contributed by atoms with Crippen LogP contribution in [0.1, 0.15) is 106 Å². The topological polar surface area (TPSA) is 52.6 Å². The van der Waals surface area contributed by atoms with Gasteiger partial charge in [0.25, 0.3) is 0 Å². The Morgan fingerprint density at radius 2 is 1.29 bits per heavy atom. The average molecular weight is 431 g/mol. The number of fused-ring (bicyclic) bond motifs is 5. The molecule has 0 aromatic heterocycles. The largest absolute Gasteiger partial charge is 0.459 e.